The molecule has 0 spiro atoms. The number of hydrogen-bond donors (Lipinski definition) is 1. The molecule has 0 unspecified atom stereocenters. The number of benzene rings is 1. The minimum absolute atomic E-state index is 0.0145. The minimum atomic E-state index is -0.0728. The first kappa shape index (κ1) is 22.7. The van der Waals surface area contributed by atoms with Crippen molar-refractivity contribution in [3.63, 3.8) is 0 Å². The zero-order chi connectivity index (χ0) is 22.6. The molecule has 1 aromatic carbocycles. The van der Waals surface area contributed by atoms with Gasteiger partial charge in [0.15, 0.2) is 0 Å². The van der Waals surface area contributed by atoms with Crippen LogP contribution in [0, 0.1) is 5.41 Å². The zero-order valence-electron chi connectivity index (χ0n) is 19.2. The molecule has 1 N–H and O–H groups in total. The molecule has 1 atom stereocenters. The Hall–Kier alpha value is -2.96. The number of aromatic nitrogens is 2. The summed E-state index contributed by atoms with van der Waals surface area (Å²) in [5.41, 5.74) is 1.89. The van der Waals surface area contributed by atoms with Crippen LogP contribution in [-0.2, 0) is 22.7 Å². The molecule has 1 aliphatic rings. The van der Waals surface area contributed by atoms with Gasteiger partial charge in [0.1, 0.15) is 11.6 Å². The van der Waals surface area contributed by atoms with E-state index in [0.717, 1.165) is 11.3 Å². The fraction of sp³-hybridized carbons (Fsp3) is 0.500. The molecule has 2 amide bonds. The van der Waals surface area contributed by atoms with Gasteiger partial charge in [0.2, 0.25) is 11.8 Å². The number of carbonyl (C=O) groups is 2. The molecule has 1 aliphatic heterocycles. The van der Waals surface area contributed by atoms with Gasteiger partial charge in [-0.3, -0.25) is 9.59 Å². The first-order valence-corrected chi connectivity index (χ1v) is 10.8. The van der Waals surface area contributed by atoms with E-state index < -0.39 is 0 Å². The molecule has 0 saturated carbocycles. The second kappa shape index (κ2) is 9.45. The Morgan fingerprint density at radius 2 is 1.94 bits per heavy atom. The molecule has 0 aliphatic carbocycles. The highest BCUT2D eigenvalue weighted by Crippen LogP contribution is 2.29. The van der Waals surface area contributed by atoms with Crippen LogP contribution >= 0.6 is 0 Å². The maximum atomic E-state index is 12.6. The average Bonchev–Trinajstić information content (AvgIpc) is 3.07. The molecule has 0 bridgehead atoms. The third-order valence-electron chi connectivity index (χ3n) is 5.38. The van der Waals surface area contributed by atoms with Crippen molar-refractivity contribution in [1.82, 2.24) is 19.8 Å². The van der Waals surface area contributed by atoms with Gasteiger partial charge in [-0.15, -0.1) is 0 Å². The summed E-state index contributed by atoms with van der Waals surface area (Å²) in [6.07, 6.45) is 0.902. The summed E-state index contributed by atoms with van der Waals surface area (Å²) in [6, 6.07) is 11.9. The predicted molar refractivity (Wildman–Crippen MR) is 121 cm³/mol. The van der Waals surface area contributed by atoms with E-state index in [4.69, 9.17) is 4.98 Å². The summed E-state index contributed by atoms with van der Waals surface area (Å²) in [5.74, 6) is 1.50. The molecule has 31 heavy (non-hydrogen) atoms. The van der Waals surface area contributed by atoms with Gasteiger partial charge in [-0.25, -0.2) is 9.97 Å². The van der Waals surface area contributed by atoms with E-state index >= 15 is 0 Å². The highest BCUT2D eigenvalue weighted by atomic mass is 16.2. The van der Waals surface area contributed by atoms with Gasteiger partial charge >= 0.3 is 0 Å². The molecule has 0 radical (unpaired) electrons. The van der Waals surface area contributed by atoms with E-state index in [1.807, 2.05) is 69.1 Å². The van der Waals surface area contributed by atoms with Crippen molar-refractivity contribution in [3.05, 3.63) is 53.5 Å². The van der Waals surface area contributed by atoms with Crippen LogP contribution in [0.15, 0.2) is 36.4 Å². The van der Waals surface area contributed by atoms with Crippen LogP contribution in [0.4, 0.5) is 5.82 Å². The Morgan fingerprint density at radius 1 is 1.23 bits per heavy atom. The molecule has 2 aromatic rings. The lowest BCUT2D eigenvalue weighted by atomic mass is 9.92. The Bertz CT molecular complexity index is 923. The van der Waals surface area contributed by atoms with Crippen LogP contribution in [-0.4, -0.2) is 52.2 Å². The van der Waals surface area contributed by atoms with E-state index in [2.05, 4.69) is 10.3 Å². The van der Waals surface area contributed by atoms with E-state index in [9.17, 15) is 9.59 Å². The minimum Gasteiger partial charge on any atom is -0.373 e. The summed E-state index contributed by atoms with van der Waals surface area (Å²) in [7, 11) is 3.59. The smallest absolute Gasteiger partial charge is 0.223 e. The van der Waals surface area contributed by atoms with E-state index in [1.165, 1.54) is 0 Å². The maximum Gasteiger partial charge on any atom is 0.223 e. The molecule has 7 nitrogen and oxygen atoms in total. The number of nitrogens with zero attached hydrogens (tertiary/aromatic N) is 4. The lowest BCUT2D eigenvalue weighted by Gasteiger charge is -2.23. The molecular weight excluding hydrogens is 390 g/mol. The number of amides is 2. The second-order valence-electron chi connectivity index (χ2n) is 9.49. The van der Waals surface area contributed by atoms with E-state index in [1.54, 1.807) is 11.9 Å². The van der Waals surface area contributed by atoms with Crippen molar-refractivity contribution in [3.8, 4) is 0 Å². The van der Waals surface area contributed by atoms with Gasteiger partial charge in [0.25, 0.3) is 0 Å². The number of hydrogen-bond acceptors (Lipinski definition) is 5. The molecule has 3 rings (SSSR count). The maximum absolute atomic E-state index is 12.6. The summed E-state index contributed by atoms with van der Waals surface area (Å²) in [6.45, 7) is 7.73. The van der Waals surface area contributed by atoms with Crippen molar-refractivity contribution in [2.45, 2.75) is 52.6 Å². The molecule has 1 fully saturated rings. The third-order valence-corrected chi connectivity index (χ3v) is 5.38. The van der Waals surface area contributed by atoms with Crippen molar-refractivity contribution < 1.29 is 9.59 Å². The second-order valence-corrected chi connectivity index (χ2v) is 9.49. The van der Waals surface area contributed by atoms with Crippen LogP contribution in [0.1, 0.15) is 56.6 Å². The van der Waals surface area contributed by atoms with Crippen LogP contribution in [0.2, 0.25) is 0 Å². The molecule has 2 heterocycles. The molecule has 7 heteroatoms. The number of nitrogens with one attached hydrogen (secondary N) is 1. The predicted octanol–water partition coefficient (Wildman–Crippen LogP) is 3.43. The van der Waals surface area contributed by atoms with Gasteiger partial charge in [0, 0.05) is 52.0 Å². The van der Waals surface area contributed by atoms with Crippen LogP contribution in [0.5, 0.6) is 0 Å². The van der Waals surface area contributed by atoms with Crippen molar-refractivity contribution in [2.24, 2.45) is 5.41 Å². The van der Waals surface area contributed by atoms with Crippen LogP contribution in [0.25, 0.3) is 0 Å². The summed E-state index contributed by atoms with van der Waals surface area (Å²) in [4.78, 5) is 38.0. The summed E-state index contributed by atoms with van der Waals surface area (Å²) < 4.78 is 0. The SMILES string of the molecule is CNc1cc([C@@H]2CC(=O)N(Cc3ccccc3)C2)nc(CN(C)C(=O)CC(C)(C)C)n1. The Kier molecular flexibility index (Phi) is 6.93. The van der Waals surface area contributed by atoms with Crippen LogP contribution < -0.4 is 5.32 Å². The monoisotopic (exact) mass is 423 g/mol. The van der Waals surface area contributed by atoms with Gasteiger partial charge in [-0.05, 0) is 11.0 Å². The molecular formula is C24H33N5O2. The van der Waals surface area contributed by atoms with Crippen molar-refractivity contribution >= 4 is 17.6 Å². The van der Waals surface area contributed by atoms with Gasteiger partial charge in [-0.1, -0.05) is 51.1 Å². The number of anilines is 1. The Balaban J connectivity index is 1.73. The van der Waals surface area contributed by atoms with Gasteiger partial charge in [0.05, 0.1) is 12.2 Å². The summed E-state index contributed by atoms with van der Waals surface area (Å²) >= 11 is 0. The number of likely N-dealkylation sites (tertiary alicyclic amines) is 1. The first-order chi connectivity index (χ1) is 14.6. The van der Waals surface area contributed by atoms with Gasteiger partial charge < -0.3 is 15.1 Å². The topological polar surface area (TPSA) is 78.4 Å². The number of rotatable bonds is 7. The normalized spacial score (nSPS) is 16.5. The molecule has 1 aromatic heterocycles. The fourth-order valence-corrected chi connectivity index (χ4v) is 3.74. The first-order valence-electron chi connectivity index (χ1n) is 10.8. The quantitative estimate of drug-likeness (QED) is 0.738. The van der Waals surface area contributed by atoms with Crippen LogP contribution in [0.3, 0.4) is 0 Å². The molecule has 166 valence electrons. The van der Waals surface area contributed by atoms with E-state index in [-0.39, 0.29) is 23.1 Å². The molecule has 1 saturated heterocycles. The lowest BCUT2D eigenvalue weighted by molar-refractivity contribution is -0.132. The summed E-state index contributed by atoms with van der Waals surface area (Å²) in [5, 5.41) is 3.08. The lowest BCUT2D eigenvalue weighted by Crippen LogP contribution is -2.30. The number of carbonyl (C=O) groups excluding carboxylic acids is 2. The van der Waals surface area contributed by atoms with Gasteiger partial charge in [-0.2, -0.15) is 0 Å². The zero-order valence-corrected chi connectivity index (χ0v) is 19.2. The fourth-order valence-electron chi connectivity index (χ4n) is 3.74. The largest absolute Gasteiger partial charge is 0.373 e. The highest BCUT2D eigenvalue weighted by Gasteiger charge is 2.32. The van der Waals surface area contributed by atoms with Crippen molar-refractivity contribution in [2.75, 3.05) is 26.0 Å². The Labute approximate surface area is 184 Å². The third kappa shape index (κ3) is 6.26. The van der Waals surface area contributed by atoms with E-state index in [0.29, 0.717) is 44.1 Å². The van der Waals surface area contributed by atoms with Crippen molar-refractivity contribution in [1.29, 1.82) is 0 Å². The average molecular weight is 424 g/mol. The standard InChI is InChI=1S/C24H33N5O2/c1-24(2,3)13-23(31)28(5)16-21-26-19(12-20(25-4)27-21)18-11-22(30)29(15-18)14-17-9-7-6-8-10-17/h6-10,12,18H,11,13-16H2,1-5H3,(H,25,26,27)/t18-/m1/s1. The Morgan fingerprint density at radius 3 is 2.58 bits per heavy atom. The highest BCUT2D eigenvalue weighted by molar-refractivity contribution is 5.79.